The molecule has 9 heteroatoms. The van der Waals surface area contributed by atoms with Crippen molar-refractivity contribution in [2.24, 2.45) is 5.41 Å². The van der Waals surface area contributed by atoms with Crippen molar-refractivity contribution in [1.82, 2.24) is 0 Å². The van der Waals surface area contributed by atoms with Gasteiger partial charge in [-0.25, -0.2) is 4.79 Å². The average molecular weight is 286 g/mol. The van der Waals surface area contributed by atoms with Crippen LogP contribution in [0.1, 0.15) is 26.7 Å². The molecule has 0 heterocycles. The minimum Gasteiger partial charge on any atom is -0.480 e. The molecule has 0 fully saturated rings. The fourth-order valence-electron chi connectivity index (χ4n) is 1.29. The van der Waals surface area contributed by atoms with Crippen LogP contribution in [0.4, 0.5) is 13.2 Å². The predicted octanol–water partition coefficient (Wildman–Crippen LogP) is 1.44. The Morgan fingerprint density at radius 2 is 1.58 bits per heavy atom. The Balaban J connectivity index is 5.36. The molecule has 110 valence electrons. The predicted molar refractivity (Wildman–Crippen MR) is 54.2 cm³/mol. The second-order valence-corrected chi connectivity index (χ2v) is 3.99. The molecule has 0 rings (SSSR count). The van der Waals surface area contributed by atoms with E-state index in [2.05, 4.69) is 4.74 Å². The van der Waals surface area contributed by atoms with Gasteiger partial charge in [-0.1, -0.05) is 13.3 Å². The highest BCUT2D eigenvalue weighted by Crippen LogP contribution is 2.31. The van der Waals surface area contributed by atoms with E-state index in [0.29, 0.717) is 6.92 Å². The first-order valence-electron chi connectivity index (χ1n) is 5.22. The quantitative estimate of drug-likeness (QED) is 0.566. The maximum atomic E-state index is 12.1. The van der Waals surface area contributed by atoms with Gasteiger partial charge < -0.3 is 14.9 Å². The summed E-state index contributed by atoms with van der Waals surface area (Å²) in [5, 5.41) is 17.7. The lowest BCUT2D eigenvalue weighted by Gasteiger charge is -2.29. The van der Waals surface area contributed by atoms with Crippen LogP contribution in [-0.4, -0.2) is 40.4 Å². The van der Waals surface area contributed by atoms with Crippen LogP contribution in [0.3, 0.4) is 0 Å². The molecule has 6 nitrogen and oxygen atoms in total. The summed E-state index contributed by atoms with van der Waals surface area (Å²) in [5.41, 5.74) is -2.64. The summed E-state index contributed by atoms with van der Waals surface area (Å²) >= 11 is 0. The third-order valence-corrected chi connectivity index (χ3v) is 2.56. The zero-order valence-corrected chi connectivity index (χ0v) is 10.2. The van der Waals surface area contributed by atoms with Crippen LogP contribution in [0.25, 0.3) is 0 Å². The fraction of sp³-hybridized carbons (Fsp3) is 0.700. The Morgan fingerprint density at radius 3 is 1.84 bits per heavy atom. The summed E-state index contributed by atoms with van der Waals surface area (Å²) in [5.74, 6) is -6.37. The van der Waals surface area contributed by atoms with Gasteiger partial charge in [0.1, 0.15) is 6.10 Å². The van der Waals surface area contributed by atoms with Crippen molar-refractivity contribution in [3.8, 4) is 0 Å². The second kappa shape index (κ2) is 5.89. The Kier molecular flexibility index (Phi) is 5.34. The number of carboxylic acid groups (broad SMARTS) is 2. The van der Waals surface area contributed by atoms with Gasteiger partial charge in [0.05, 0.1) is 0 Å². The number of halogens is 3. The van der Waals surface area contributed by atoms with Gasteiger partial charge in [0, 0.05) is 0 Å². The topological polar surface area (TPSA) is 101 Å². The molecular formula is C10H13F3O6. The molecule has 1 atom stereocenters. The molecule has 0 radical (unpaired) electrons. The van der Waals surface area contributed by atoms with Crippen LogP contribution in [0.2, 0.25) is 0 Å². The zero-order valence-electron chi connectivity index (χ0n) is 10.2. The van der Waals surface area contributed by atoms with Crippen LogP contribution in [0.15, 0.2) is 0 Å². The molecule has 0 saturated heterocycles. The number of hydrogen-bond donors (Lipinski definition) is 2. The summed E-state index contributed by atoms with van der Waals surface area (Å²) in [7, 11) is 0. The number of aliphatic carboxylic acids is 2. The van der Waals surface area contributed by atoms with Crippen molar-refractivity contribution in [2.45, 2.75) is 39.0 Å². The third kappa shape index (κ3) is 3.83. The lowest BCUT2D eigenvalue weighted by atomic mass is 9.82. The van der Waals surface area contributed by atoms with E-state index in [4.69, 9.17) is 10.2 Å². The Morgan fingerprint density at radius 1 is 1.16 bits per heavy atom. The Bertz CT molecular complexity index is 362. The molecule has 0 saturated carbocycles. The molecule has 19 heavy (non-hydrogen) atoms. The minimum absolute atomic E-state index is 0.145. The molecular weight excluding hydrogens is 273 g/mol. The van der Waals surface area contributed by atoms with Crippen molar-refractivity contribution in [1.29, 1.82) is 0 Å². The average Bonchev–Trinajstić information content (AvgIpc) is 2.25. The van der Waals surface area contributed by atoms with E-state index >= 15 is 0 Å². The van der Waals surface area contributed by atoms with Crippen LogP contribution in [-0.2, 0) is 19.1 Å². The maximum absolute atomic E-state index is 12.1. The largest absolute Gasteiger partial charge is 0.490 e. The smallest absolute Gasteiger partial charge is 0.480 e. The van der Waals surface area contributed by atoms with Gasteiger partial charge in [-0.3, -0.25) is 9.59 Å². The molecule has 0 aromatic rings. The van der Waals surface area contributed by atoms with Crippen molar-refractivity contribution >= 4 is 17.9 Å². The molecule has 0 aliphatic rings. The highest BCUT2D eigenvalue weighted by Gasteiger charge is 2.53. The van der Waals surface area contributed by atoms with Gasteiger partial charge in [0.25, 0.3) is 0 Å². The first-order chi connectivity index (χ1) is 8.47. The van der Waals surface area contributed by atoms with Crippen LogP contribution < -0.4 is 0 Å². The lowest BCUT2D eigenvalue weighted by molar-refractivity contribution is -0.213. The van der Waals surface area contributed by atoms with Gasteiger partial charge >= 0.3 is 24.1 Å². The molecule has 0 amide bonds. The first-order valence-corrected chi connectivity index (χ1v) is 5.22. The van der Waals surface area contributed by atoms with Crippen LogP contribution >= 0.6 is 0 Å². The SMILES string of the molecule is CCCC(OC(=O)C(F)(F)F)C(C)(C(=O)O)C(=O)O. The normalized spacial score (nSPS) is 13.7. The summed E-state index contributed by atoms with van der Waals surface area (Å²) in [6.45, 7) is 2.18. The van der Waals surface area contributed by atoms with Crippen molar-refractivity contribution < 1.29 is 42.5 Å². The number of carbonyl (C=O) groups is 3. The van der Waals surface area contributed by atoms with E-state index < -0.39 is 35.6 Å². The minimum atomic E-state index is -5.32. The monoisotopic (exact) mass is 286 g/mol. The molecule has 2 N–H and O–H groups in total. The van der Waals surface area contributed by atoms with E-state index in [1.54, 1.807) is 0 Å². The number of carboxylic acids is 2. The summed E-state index contributed by atoms with van der Waals surface area (Å²) in [4.78, 5) is 32.6. The molecule has 1 unspecified atom stereocenters. The Hall–Kier alpha value is -1.80. The lowest BCUT2D eigenvalue weighted by Crippen LogP contribution is -2.49. The second-order valence-electron chi connectivity index (χ2n) is 3.99. The van der Waals surface area contributed by atoms with Crippen LogP contribution in [0.5, 0.6) is 0 Å². The molecule has 0 aromatic carbocycles. The van der Waals surface area contributed by atoms with Crippen LogP contribution in [0, 0.1) is 5.41 Å². The number of ether oxygens (including phenoxy) is 1. The van der Waals surface area contributed by atoms with E-state index in [-0.39, 0.29) is 12.8 Å². The van der Waals surface area contributed by atoms with E-state index in [9.17, 15) is 27.6 Å². The molecule has 0 bridgehead atoms. The number of alkyl halides is 3. The van der Waals surface area contributed by atoms with Crippen molar-refractivity contribution in [3.05, 3.63) is 0 Å². The molecule has 0 aromatic heterocycles. The number of rotatable bonds is 6. The highest BCUT2D eigenvalue weighted by molar-refractivity contribution is 5.98. The summed E-state index contributed by atoms with van der Waals surface area (Å²) < 4.78 is 40.2. The summed E-state index contributed by atoms with van der Waals surface area (Å²) in [6, 6.07) is 0. The fourth-order valence-corrected chi connectivity index (χ4v) is 1.29. The van der Waals surface area contributed by atoms with Gasteiger partial charge in [0.15, 0.2) is 5.41 Å². The van der Waals surface area contributed by atoms with Gasteiger partial charge in [-0.05, 0) is 13.3 Å². The highest BCUT2D eigenvalue weighted by atomic mass is 19.4. The van der Waals surface area contributed by atoms with Gasteiger partial charge in [-0.15, -0.1) is 0 Å². The van der Waals surface area contributed by atoms with Gasteiger partial charge in [-0.2, -0.15) is 13.2 Å². The third-order valence-electron chi connectivity index (χ3n) is 2.56. The van der Waals surface area contributed by atoms with Crippen molar-refractivity contribution in [2.75, 3.05) is 0 Å². The van der Waals surface area contributed by atoms with E-state index in [1.165, 1.54) is 6.92 Å². The standard InChI is InChI=1S/C10H13F3O6/c1-3-4-5(19-8(18)10(11,12)13)9(2,6(14)15)7(16)17/h5H,3-4H2,1-2H3,(H,14,15)(H,16,17). The molecule has 0 spiro atoms. The molecule has 0 aliphatic carbocycles. The maximum Gasteiger partial charge on any atom is 0.490 e. The first kappa shape index (κ1) is 17.2. The number of carbonyl (C=O) groups excluding carboxylic acids is 1. The van der Waals surface area contributed by atoms with Crippen molar-refractivity contribution in [3.63, 3.8) is 0 Å². The number of esters is 1. The van der Waals surface area contributed by atoms with Gasteiger partial charge in [0.2, 0.25) is 0 Å². The number of hydrogen-bond acceptors (Lipinski definition) is 4. The Labute approximate surface area is 106 Å². The zero-order chi connectivity index (χ0) is 15.4. The van der Waals surface area contributed by atoms with E-state index in [1.807, 2.05) is 0 Å². The summed E-state index contributed by atoms with van der Waals surface area (Å²) in [6.07, 6.45) is -7.41. The molecule has 0 aliphatic heterocycles. The van der Waals surface area contributed by atoms with E-state index in [0.717, 1.165) is 0 Å².